The van der Waals surface area contributed by atoms with E-state index in [-0.39, 0.29) is 30.5 Å². The zero-order valence-corrected chi connectivity index (χ0v) is 17.9. The van der Waals surface area contributed by atoms with Gasteiger partial charge in [-0.25, -0.2) is 0 Å². The van der Waals surface area contributed by atoms with E-state index >= 15 is 0 Å². The van der Waals surface area contributed by atoms with E-state index in [9.17, 15) is 9.59 Å². The van der Waals surface area contributed by atoms with Crippen LogP contribution in [-0.4, -0.2) is 77.9 Å². The van der Waals surface area contributed by atoms with Gasteiger partial charge in [0.2, 0.25) is 11.8 Å². The molecule has 0 saturated carbocycles. The molecule has 0 aromatic carbocycles. The third-order valence-electron chi connectivity index (χ3n) is 5.68. The molecule has 3 rings (SSSR count). The Labute approximate surface area is 165 Å². The average molecular weight is 481 g/mol. The van der Waals surface area contributed by atoms with E-state index in [4.69, 9.17) is 4.52 Å². The normalized spacial score (nSPS) is 28.1. The first-order chi connectivity index (χ1) is 12.2. The predicted molar refractivity (Wildman–Crippen MR) is 108 cm³/mol. The first-order valence-corrected chi connectivity index (χ1v) is 13.5. The lowest BCUT2D eigenvalue weighted by Crippen LogP contribution is -2.43. The molecule has 3 aliphatic rings. The summed E-state index contributed by atoms with van der Waals surface area (Å²) in [5.74, 6) is 0.239. The van der Waals surface area contributed by atoms with Crippen molar-refractivity contribution >= 4 is 40.3 Å². The summed E-state index contributed by atoms with van der Waals surface area (Å²) in [4.78, 5) is 31.1. The molecule has 6 nitrogen and oxygen atoms in total. The van der Waals surface area contributed by atoms with Crippen LogP contribution in [0.1, 0.15) is 44.9 Å². The molecule has 0 aromatic rings. The van der Waals surface area contributed by atoms with E-state index in [1.807, 2.05) is 9.80 Å². The van der Waals surface area contributed by atoms with E-state index in [1.165, 1.54) is 25.9 Å². The zero-order chi connectivity index (χ0) is 17.6. The highest BCUT2D eigenvalue weighted by molar-refractivity contribution is 14.2. The summed E-state index contributed by atoms with van der Waals surface area (Å²) in [6, 6.07) is 0.254. The Morgan fingerprint density at radius 2 is 2.04 bits per heavy atom. The maximum Gasteiger partial charge on any atom is 0.242 e. The first-order valence-electron chi connectivity index (χ1n) is 9.48. The monoisotopic (exact) mass is 481 g/mol. The molecule has 0 N–H and O–H groups in total. The van der Waals surface area contributed by atoms with E-state index < -0.39 is 0 Å². The van der Waals surface area contributed by atoms with Crippen molar-refractivity contribution in [3.63, 3.8) is 0 Å². The smallest absolute Gasteiger partial charge is 0.242 e. The van der Waals surface area contributed by atoms with Crippen molar-refractivity contribution in [2.45, 2.75) is 57.1 Å². The minimum Gasteiger partial charge on any atom is -0.347 e. The number of nitrogens with zero attached hydrogens (tertiary/aromatic N) is 3. The SMILES string of the molecule is O=C(CN1C(=O)CCC1CCCN1CCCC1)N1CC[C@@H](OPI)C1. The van der Waals surface area contributed by atoms with Gasteiger partial charge in [-0.15, -0.1) is 0 Å². The molecule has 2 unspecified atom stereocenters. The standard InChI is InChI=1S/C17H29IN3O3P/c18-25-24-15-7-11-20(12-15)17(23)13-21-14(5-6-16(21)22)4-3-10-19-8-1-2-9-19/h14-15,25H,1-13H2/t14?,15-/m1/s1. The largest absolute Gasteiger partial charge is 0.347 e. The van der Waals surface area contributed by atoms with Crippen LogP contribution >= 0.6 is 28.5 Å². The van der Waals surface area contributed by atoms with Crippen molar-refractivity contribution in [1.29, 1.82) is 0 Å². The minimum absolute atomic E-state index is 0.0858. The second-order valence-electron chi connectivity index (χ2n) is 7.35. The molecule has 3 atom stereocenters. The molecule has 0 radical (unpaired) electrons. The van der Waals surface area contributed by atoms with Gasteiger partial charge in [0, 0.05) is 25.6 Å². The van der Waals surface area contributed by atoms with E-state index in [0.29, 0.717) is 19.4 Å². The summed E-state index contributed by atoms with van der Waals surface area (Å²) in [6.07, 6.45) is 7.38. The second-order valence-corrected chi connectivity index (χ2v) is 9.06. The maximum atomic E-state index is 12.6. The van der Waals surface area contributed by atoms with Gasteiger partial charge in [-0.2, -0.15) is 0 Å². The Morgan fingerprint density at radius 3 is 2.80 bits per heavy atom. The maximum absolute atomic E-state index is 12.6. The van der Waals surface area contributed by atoms with Crippen LogP contribution in [0.15, 0.2) is 0 Å². The van der Waals surface area contributed by atoms with Gasteiger partial charge >= 0.3 is 0 Å². The fourth-order valence-electron chi connectivity index (χ4n) is 4.23. The molecule has 3 saturated heterocycles. The van der Waals surface area contributed by atoms with Crippen molar-refractivity contribution in [1.82, 2.24) is 14.7 Å². The van der Waals surface area contributed by atoms with Crippen LogP contribution in [0.2, 0.25) is 0 Å². The van der Waals surface area contributed by atoms with Gasteiger partial charge in [0.25, 0.3) is 0 Å². The summed E-state index contributed by atoms with van der Waals surface area (Å²) in [5.41, 5.74) is 0. The van der Waals surface area contributed by atoms with Crippen molar-refractivity contribution in [2.24, 2.45) is 0 Å². The molecular formula is C17H29IN3O3P. The number of amides is 2. The second kappa shape index (κ2) is 9.81. The van der Waals surface area contributed by atoms with E-state index in [1.54, 1.807) is 0 Å². The fourth-order valence-corrected chi connectivity index (χ4v) is 5.62. The van der Waals surface area contributed by atoms with Crippen molar-refractivity contribution in [2.75, 3.05) is 39.3 Å². The number of carbonyl (C=O) groups is 2. The van der Waals surface area contributed by atoms with Gasteiger partial charge in [-0.1, -0.05) is 0 Å². The highest BCUT2D eigenvalue weighted by atomic mass is 127. The van der Waals surface area contributed by atoms with Crippen LogP contribution in [0.5, 0.6) is 0 Å². The first kappa shape index (κ1) is 19.8. The Kier molecular flexibility index (Phi) is 7.76. The summed E-state index contributed by atoms with van der Waals surface area (Å²) < 4.78 is 5.63. The quantitative estimate of drug-likeness (QED) is 0.395. The third-order valence-corrected chi connectivity index (χ3v) is 6.86. The predicted octanol–water partition coefficient (Wildman–Crippen LogP) is 2.41. The van der Waals surface area contributed by atoms with Crippen LogP contribution in [0, 0.1) is 0 Å². The molecule has 3 fully saturated rings. The van der Waals surface area contributed by atoms with Gasteiger partial charge in [0.1, 0.15) is 6.54 Å². The molecule has 3 aliphatic heterocycles. The molecular weight excluding hydrogens is 452 g/mol. The van der Waals surface area contributed by atoms with Crippen molar-refractivity contribution in [3.05, 3.63) is 0 Å². The zero-order valence-electron chi connectivity index (χ0n) is 14.8. The lowest BCUT2D eigenvalue weighted by Gasteiger charge is -2.27. The van der Waals surface area contributed by atoms with Crippen molar-refractivity contribution < 1.29 is 14.1 Å². The molecule has 25 heavy (non-hydrogen) atoms. The number of likely N-dealkylation sites (tertiary alicyclic amines) is 3. The topological polar surface area (TPSA) is 53.1 Å². The molecule has 3 heterocycles. The Balaban J connectivity index is 1.44. The molecule has 8 heteroatoms. The summed E-state index contributed by atoms with van der Waals surface area (Å²) in [7, 11) is 0. The number of rotatable bonds is 8. The Bertz CT molecular complexity index is 476. The Hall–Kier alpha value is 0.0200. The van der Waals surface area contributed by atoms with Crippen LogP contribution in [0.4, 0.5) is 0 Å². The average Bonchev–Trinajstić information content (AvgIpc) is 3.33. The van der Waals surface area contributed by atoms with Gasteiger partial charge in [-0.05, 0) is 80.2 Å². The number of hydrogen-bond donors (Lipinski definition) is 0. The number of carbonyl (C=O) groups excluding carboxylic acids is 2. The summed E-state index contributed by atoms with van der Waals surface area (Å²) in [5, 5.41) is 0. The van der Waals surface area contributed by atoms with Crippen LogP contribution < -0.4 is 0 Å². The summed E-state index contributed by atoms with van der Waals surface area (Å²) >= 11 is 2.22. The molecule has 0 aromatic heterocycles. The highest BCUT2D eigenvalue weighted by Crippen LogP contribution is 2.29. The molecule has 0 aliphatic carbocycles. The number of halogens is 1. The van der Waals surface area contributed by atoms with Crippen LogP contribution in [-0.2, 0) is 14.1 Å². The van der Waals surface area contributed by atoms with E-state index in [0.717, 1.165) is 38.8 Å². The fraction of sp³-hybridized carbons (Fsp3) is 0.882. The van der Waals surface area contributed by atoms with Gasteiger partial charge in [0.15, 0.2) is 0 Å². The molecule has 0 spiro atoms. The lowest BCUT2D eigenvalue weighted by molar-refractivity contribution is -0.139. The van der Waals surface area contributed by atoms with Crippen molar-refractivity contribution in [3.8, 4) is 0 Å². The van der Waals surface area contributed by atoms with Gasteiger partial charge < -0.3 is 19.2 Å². The Morgan fingerprint density at radius 1 is 1.24 bits per heavy atom. The molecule has 0 bridgehead atoms. The van der Waals surface area contributed by atoms with Gasteiger partial charge in [-0.3, -0.25) is 9.59 Å². The minimum atomic E-state index is 0.0858. The highest BCUT2D eigenvalue weighted by Gasteiger charge is 2.34. The van der Waals surface area contributed by atoms with E-state index in [2.05, 4.69) is 26.9 Å². The third kappa shape index (κ3) is 5.50. The summed E-state index contributed by atoms with van der Waals surface area (Å²) in [6.45, 7) is 5.71. The van der Waals surface area contributed by atoms with Gasteiger partial charge in [0.05, 0.1) is 12.6 Å². The van der Waals surface area contributed by atoms with Crippen LogP contribution in [0.25, 0.3) is 0 Å². The molecule has 142 valence electrons. The lowest BCUT2D eigenvalue weighted by atomic mass is 10.1. The van der Waals surface area contributed by atoms with Crippen LogP contribution in [0.3, 0.4) is 0 Å². The number of hydrogen-bond acceptors (Lipinski definition) is 4. The molecule has 2 amide bonds.